The van der Waals surface area contributed by atoms with E-state index in [1.54, 1.807) is 25.8 Å². The van der Waals surface area contributed by atoms with Gasteiger partial charge in [0.1, 0.15) is 0 Å². The van der Waals surface area contributed by atoms with E-state index in [9.17, 15) is 9.59 Å². The molecule has 23 heavy (non-hydrogen) atoms. The van der Waals surface area contributed by atoms with Crippen molar-refractivity contribution in [3.05, 3.63) is 31.9 Å². The summed E-state index contributed by atoms with van der Waals surface area (Å²) in [4.78, 5) is 22.9. The van der Waals surface area contributed by atoms with Gasteiger partial charge in [0.25, 0.3) is 0 Å². The molecule has 6 nitrogen and oxygen atoms in total. The van der Waals surface area contributed by atoms with Gasteiger partial charge in [-0.3, -0.25) is 16.6 Å². The Morgan fingerprint density at radius 2 is 1.57 bits per heavy atom. The second kappa shape index (κ2) is 19.4. The van der Waals surface area contributed by atoms with Crippen LogP contribution in [0.3, 0.4) is 0 Å². The number of amides is 2. The molecule has 0 unspecified atom stereocenters. The van der Waals surface area contributed by atoms with Gasteiger partial charge in [-0.1, -0.05) is 14.0 Å². The third-order valence-electron chi connectivity index (χ3n) is 2.16. The molecular weight excluding hydrogens is 368 g/mol. The molecule has 0 aliphatic rings. The predicted octanol–water partition coefficient (Wildman–Crippen LogP) is 1.63. The molecule has 0 saturated carbocycles. The Morgan fingerprint density at radius 1 is 1.22 bits per heavy atom. The van der Waals surface area contributed by atoms with Gasteiger partial charge in [0.15, 0.2) is 5.91 Å². The summed E-state index contributed by atoms with van der Waals surface area (Å²) in [6, 6.07) is 0. The van der Waals surface area contributed by atoms with Crippen molar-refractivity contribution in [3.63, 3.8) is 0 Å². The second-order valence-electron chi connectivity index (χ2n) is 4.41. The van der Waals surface area contributed by atoms with Gasteiger partial charge >= 0.3 is 0 Å². The minimum atomic E-state index is -0.0185. The van der Waals surface area contributed by atoms with E-state index < -0.39 is 0 Å². The van der Waals surface area contributed by atoms with E-state index in [0.717, 1.165) is 0 Å². The minimum absolute atomic E-state index is 0. The van der Waals surface area contributed by atoms with E-state index in [0.29, 0.717) is 6.54 Å². The maximum Gasteiger partial charge on any atom is 0.218 e. The van der Waals surface area contributed by atoms with Crippen molar-refractivity contribution in [3.8, 4) is 0 Å². The Bertz CT molecular complexity index is 392. The van der Waals surface area contributed by atoms with Crippen LogP contribution in [-0.4, -0.2) is 61.0 Å². The number of rotatable bonds is 1. The zero-order valence-electron chi connectivity index (χ0n) is 14.5. The summed E-state index contributed by atoms with van der Waals surface area (Å²) in [7, 11) is 8.38. The maximum absolute atomic E-state index is 10.1. The molecule has 0 N–H and O–H groups in total. The van der Waals surface area contributed by atoms with Crippen LogP contribution in [0.15, 0.2) is 12.4 Å². The Morgan fingerprint density at radius 3 is 1.65 bits per heavy atom. The molecule has 1 aromatic heterocycles. The Hall–Kier alpha value is -0.681. The Labute approximate surface area is 169 Å². The van der Waals surface area contributed by atoms with Crippen molar-refractivity contribution in [1.29, 1.82) is 0 Å². The van der Waals surface area contributed by atoms with Crippen LogP contribution in [0.2, 0.25) is 0 Å². The van der Waals surface area contributed by atoms with Gasteiger partial charge in [-0.05, 0) is 19.5 Å². The zero-order chi connectivity index (χ0) is 16.3. The fourth-order valence-electron chi connectivity index (χ4n) is 0.589. The molecule has 0 spiro atoms. The van der Waals surface area contributed by atoms with E-state index in [-0.39, 0.29) is 60.4 Å². The topological polar surface area (TPSA) is 58.4 Å². The molecule has 4 radical (unpaired) electrons. The first kappa shape index (κ1) is 33.8. The van der Waals surface area contributed by atoms with Gasteiger partial charge in [-0.2, -0.15) is 5.10 Å². The van der Waals surface area contributed by atoms with Crippen LogP contribution in [-0.2, 0) is 48.8 Å². The van der Waals surface area contributed by atoms with Gasteiger partial charge in [-0.15, -0.1) is 0 Å². The van der Waals surface area contributed by atoms with Crippen LogP contribution in [0.1, 0.15) is 26.8 Å². The van der Waals surface area contributed by atoms with E-state index in [4.69, 9.17) is 0 Å². The van der Waals surface area contributed by atoms with Crippen LogP contribution < -0.4 is 0 Å². The van der Waals surface area contributed by atoms with Crippen LogP contribution in [0.5, 0.6) is 0 Å². The first-order chi connectivity index (χ1) is 9.11. The van der Waals surface area contributed by atoms with E-state index in [1.165, 1.54) is 29.2 Å². The second-order valence-corrected chi connectivity index (χ2v) is 4.41. The van der Waals surface area contributed by atoms with E-state index in [2.05, 4.69) is 19.1 Å². The van der Waals surface area contributed by atoms with Crippen molar-refractivity contribution < 1.29 is 42.3 Å². The number of aromatic nitrogens is 2. The number of carbonyl (C=O) groups is 2. The monoisotopic (exact) mass is 398 g/mol. The quantitative estimate of drug-likeness (QED) is 0.534. The van der Waals surface area contributed by atoms with Gasteiger partial charge in [0, 0.05) is 75.3 Å². The Kier molecular flexibility index (Phi) is 28.5. The first-order valence-corrected chi connectivity index (χ1v) is 6.12. The molecule has 0 atom stereocenters. The van der Waals surface area contributed by atoms with E-state index in [1.807, 2.05) is 19.3 Å². The van der Waals surface area contributed by atoms with Gasteiger partial charge < -0.3 is 21.4 Å². The third-order valence-corrected chi connectivity index (χ3v) is 2.16. The minimum Gasteiger partial charge on any atom is -0.498 e. The van der Waals surface area contributed by atoms with Crippen molar-refractivity contribution in [2.24, 2.45) is 0 Å². The molecule has 1 rings (SSSR count). The summed E-state index contributed by atoms with van der Waals surface area (Å²) >= 11 is 0. The summed E-state index contributed by atoms with van der Waals surface area (Å²) < 4.78 is 1.80. The molecule has 130 valence electrons. The molecule has 2 amide bonds. The molecule has 0 aromatic carbocycles. The van der Waals surface area contributed by atoms with Crippen molar-refractivity contribution >= 4 is 20.2 Å². The number of hydrogen-bond acceptors (Lipinski definition) is 3. The molecule has 1 heterocycles. The zero-order valence-corrected chi connectivity index (χ0v) is 17.4. The summed E-state index contributed by atoms with van der Waals surface area (Å²) in [5.74, 6) is 0.0741. The molecule has 0 aliphatic carbocycles. The molecule has 1 aromatic rings. The third kappa shape index (κ3) is 23.7. The van der Waals surface area contributed by atoms with Crippen LogP contribution in [0, 0.1) is 20.9 Å². The predicted molar refractivity (Wildman–Crippen MR) is 93.0 cm³/mol. The molecule has 0 bridgehead atoms. The number of carbonyl (C=O) groups excluding carboxylic acids is 2. The number of nitrogens with zero attached hydrogens (tertiary/aromatic N) is 4. The van der Waals surface area contributed by atoms with Crippen LogP contribution >= 0.6 is 0 Å². The molecule has 0 saturated heterocycles. The smallest absolute Gasteiger partial charge is 0.218 e. The maximum atomic E-state index is 10.1. The summed E-state index contributed by atoms with van der Waals surface area (Å²) in [6.45, 7) is 9.39. The first-order valence-electron chi connectivity index (χ1n) is 6.12. The normalized spacial score (nSPS) is 7.48. The largest absolute Gasteiger partial charge is 0.498 e. The van der Waals surface area contributed by atoms with Crippen LogP contribution in [0.25, 0.3) is 0 Å². The fourth-order valence-corrected chi connectivity index (χ4v) is 0.589. The van der Waals surface area contributed by atoms with Crippen molar-refractivity contribution in [2.45, 2.75) is 34.7 Å². The van der Waals surface area contributed by atoms with Crippen molar-refractivity contribution in [1.82, 2.24) is 19.6 Å². The van der Waals surface area contributed by atoms with Crippen LogP contribution in [0.4, 0.5) is 0 Å². The fraction of sp³-hybridized carbons (Fsp3) is 0.533. The van der Waals surface area contributed by atoms with E-state index >= 15 is 0 Å². The van der Waals surface area contributed by atoms with Gasteiger partial charge in [-0.25, -0.2) is 0 Å². The Balaban J connectivity index is -0.0000000673. The standard InChI is InChI=1S/C6H9N2.C4H9NO.C4H8NO.CH4.B.Y/c1-3-8-5-6(2)4-7-8;2*1-4(6)5(2)3;;;/h4-5H,1,3H2,2H3;1-3H3;2H2,1,3H3;1H4;;/q-1;;-1;;;. The molecule has 8 heteroatoms. The molecule has 0 aliphatic heterocycles. The molecular formula is C15H30BN4O2Y-2. The number of hydrogen-bond donors (Lipinski definition) is 0. The summed E-state index contributed by atoms with van der Waals surface area (Å²) in [5.41, 5.74) is 1.19. The average molecular weight is 398 g/mol. The van der Waals surface area contributed by atoms with Gasteiger partial charge in [0.2, 0.25) is 5.91 Å². The average Bonchev–Trinajstić information content (AvgIpc) is 2.76. The summed E-state index contributed by atoms with van der Waals surface area (Å²) in [6.07, 6.45) is 3.79. The molecule has 0 fully saturated rings. The SMILES string of the molecule is C.CC(=O)N(C)C.[B].[CH2-]Cn1cc(C)cn1.[CH2-]N(C)C(C)=O.[Y]. The number of aryl methyl sites for hydroxylation is 1. The van der Waals surface area contributed by atoms with Crippen molar-refractivity contribution in [2.75, 3.05) is 21.1 Å². The van der Waals surface area contributed by atoms with Gasteiger partial charge in [0.05, 0.1) is 6.20 Å². The summed E-state index contributed by atoms with van der Waals surface area (Å²) in [5, 5.41) is 3.99.